The number of piperidine rings is 1. The van der Waals surface area contributed by atoms with E-state index in [-0.39, 0.29) is 0 Å². The van der Waals surface area contributed by atoms with E-state index in [9.17, 15) is 0 Å². The van der Waals surface area contributed by atoms with Gasteiger partial charge in [0.2, 0.25) is 0 Å². The van der Waals surface area contributed by atoms with E-state index in [2.05, 4.69) is 22.1 Å². The number of nitrogens with one attached hydrogen (secondary N) is 1. The van der Waals surface area contributed by atoms with Gasteiger partial charge in [-0.3, -0.25) is 4.99 Å². The van der Waals surface area contributed by atoms with E-state index in [1.54, 1.807) is 7.11 Å². The zero-order valence-corrected chi connectivity index (χ0v) is 13.7. The summed E-state index contributed by atoms with van der Waals surface area (Å²) in [7, 11) is 1.65. The monoisotopic (exact) mass is 304 g/mol. The number of methoxy groups -OCH3 is 1. The van der Waals surface area contributed by atoms with Gasteiger partial charge in [-0.1, -0.05) is 13.0 Å². The molecule has 0 aromatic heterocycles. The second-order valence-electron chi connectivity index (χ2n) is 6.03. The fourth-order valence-electron chi connectivity index (χ4n) is 2.87. The highest BCUT2D eigenvalue weighted by Crippen LogP contribution is 2.16. The highest BCUT2D eigenvalue weighted by molar-refractivity contribution is 5.92. The summed E-state index contributed by atoms with van der Waals surface area (Å²) in [6.07, 6.45) is 3.74. The van der Waals surface area contributed by atoms with Crippen LogP contribution in [0.1, 0.15) is 26.2 Å². The number of rotatable bonds is 6. The van der Waals surface area contributed by atoms with Gasteiger partial charge in [0.1, 0.15) is 5.75 Å². The van der Waals surface area contributed by atoms with Crippen LogP contribution in [0.15, 0.2) is 29.3 Å². The van der Waals surface area contributed by atoms with Crippen LogP contribution in [0.2, 0.25) is 0 Å². The molecule has 1 atom stereocenters. The smallest absolute Gasteiger partial charge is 0.193 e. The van der Waals surface area contributed by atoms with E-state index < -0.39 is 0 Å². The number of ether oxygens (including phenoxy) is 1. The summed E-state index contributed by atoms with van der Waals surface area (Å²) >= 11 is 0. The van der Waals surface area contributed by atoms with E-state index in [0.717, 1.165) is 36.9 Å². The van der Waals surface area contributed by atoms with Crippen LogP contribution in [-0.2, 0) is 0 Å². The van der Waals surface area contributed by atoms with Crippen LogP contribution in [0.4, 0.5) is 5.69 Å². The predicted octanol–water partition coefficient (Wildman–Crippen LogP) is 2.54. The largest absolute Gasteiger partial charge is 0.497 e. The van der Waals surface area contributed by atoms with Gasteiger partial charge in [0.15, 0.2) is 5.96 Å². The van der Waals surface area contributed by atoms with Crippen molar-refractivity contribution in [1.29, 1.82) is 0 Å². The van der Waals surface area contributed by atoms with E-state index in [1.165, 1.54) is 25.9 Å². The molecule has 1 heterocycles. The third-order valence-corrected chi connectivity index (χ3v) is 4.00. The number of hydrogen-bond donors (Lipinski definition) is 2. The van der Waals surface area contributed by atoms with Crippen molar-refractivity contribution in [2.24, 2.45) is 16.6 Å². The summed E-state index contributed by atoms with van der Waals surface area (Å²) < 4.78 is 5.18. The molecule has 0 saturated carbocycles. The summed E-state index contributed by atoms with van der Waals surface area (Å²) in [5, 5.41) is 3.10. The summed E-state index contributed by atoms with van der Waals surface area (Å²) in [4.78, 5) is 6.93. The third kappa shape index (κ3) is 5.56. The Kier molecular flexibility index (Phi) is 6.52. The minimum atomic E-state index is 0.459. The number of hydrogen-bond acceptors (Lipinski definition) is 3. The van der Waals surface area contributed by atoms with E-state index >= 15 is 0 Å². The first-order valence-corrected chi connectivity index (χ1v) is 8.10. The number of benzene rings is 1. The molecular formula is C17H28N4O. The Balaban J connectivity index is 1.70. The number of nitrogens with two attached hydrogens (primary N) is 1. The van der Waals surface area contributed by atoms with Gasteiger partial charge in [-0.25, -0.2) is 0 Å². The van der Waals surface area contributed by atoms with Gasteiger partial charge in [0.25, 0.3) is 0 Å². The summed E-state index contributed by atoms with van der Waals surface area (Å²) in [5.41, 5.74) is 6.82. The topological polar surface area (TPSA) is 62.9 Å². The zero-order valence-electron chi connectivity index (χ0n) is 13.7. The Morgan fingerprint density at radius 3 is 3.14 bits per heavy atom. The van der Waals surface area contributed by atoms with E-state index in [4.69, 9.17) is 10.5 Å². The molecule has 1 aromatic carbocycles. The molecule has 1 fully saturated rings. The molecule has 3 N–H and O–H groups in total. The van der Waals surface area contributed by atoms with E-state index in [1.807, 2.05) is 24.3 Å². The normalized spacial score (nSPS) is 19.9. The third-order valence-electron chi connectivity index (χ3n) is 4.00. The van der Waals surface area contributed by atoms with Gasteiger partial charge in [-0.15, -0.1) is 0 Å². The van der Waals surface area contributed by atoms with Gasteiger partial charge in [-0.05, 0) is 50.4 Å². The minimum absolute atomic E-state index is 0.459. The lowest BCUT2D eigenvalue weighted by molar-refractivity contribution is 0.183. The highest BCUT2D eigenvalue weighted by atomic mass is 16.5. The van der Waals surface area contributed by atoms with Crippen LogP contribution in [-0.4, -0.2) is 44.1 Å². The molecular weight excluding hydrogens is 276 g/mol. The molecule has 0 spiro atoms. The molecule has 5 nitrogen and oxygen atoms in total. The Morgan fingerprint density at radius 1 is 1.50 bits per heavy atom. The second kappa shape index (κ2) is 8.63. The van der Waals surface area contributed by atoms with Crippen molar-refractivity contribution >= 4 is 11.6 Å². The lowest BCUT2D eigenvalue weighted by atomic mass is 10.0. The SMILES string of the molecule is COc1cccc(NC(N)=NCCCN2CCCC(C)C2)c1. The Labute approximate surface area is 133 Å². The molecule has 122 valence electrons. The van der Waals surface area contributed by atoms with Gasteiger partial charge in [0.05, 0.1) is 7.11 Å². The van der Waals surface area contributed by atoms with Gasteiger partial charge >= 0.3 is 0 Å². The van der Waals surface area contributed by atoms with Crippen LogP contribution in [0.25, 0.3) is 0 Å². The number of guanidine groups is 1. The molecule has 1 aromatic rings. The maximum atomic E-state index is 5.92. The number of likely N-dealkylation sites (tertiary alicyclic amines) is 1. The van der Waals surface area contributed by atoms with Crippen molar-refractivity contribution in [2.45, 2.75) is 26.2 Å². The molecule has 1 aliphatic heterocycles. The molecule has 1 saturated heterocycles. The van der Waals surface area contributed by atoms with Crippen LogP contribution >= 0.6 is 0 Å². The predicted molar refractivity (Wildman–Crippen MR) is 92.6 cm³/mol. The van der Waals surface area contributed by atoms with Crippen LogP contribution in [0, 0.1) is 5.92 Å². The Bertz CT molecular complexity index is 489. The first-order chi connectivity index (χ1) is 10.7. The molecule has 5 heteroatoms. The molecule has 0 aliphatic carbocycles. The van der Waals surface area contributed by atoms with Crippen LogP contribution < -0.4 is 15.8 Å². The quantitative estimate of drug-likeness (QED) is 0.482. The fraction of sp³-hybridized carbons (Fsp3) is 0.588. The standard InChI is InChI=1S/C17H28N4O/c1-14-6-4-10-21(13-14)11-5-9-19-17(18)20-15-7-3-8-16(12-15)22-2/h3,7-8,12,14H,4-6,9-11,13H2,1-2H3,(H3,18,19,20). The summed E-state index contributed by atoms with van der Waals surface area (Å²) in [5.74, 6) is 2.09. The van der Waals surface area contributed by atoms with E-state index in [0.29, 0.717) is 5.96 Å². The van der Waals surface area contributed by atoms with Gasteiger partial charge in [0, 0.05) is 24.8 Å². The maximum absolute atomic E-state index is 5.92. The molecule has 2 rings (SSSR count). The van der Waals surface area contributed by atoms with Gasteiger partial charge in [-0.2, -0.15) is 0 Å². The summed E-state index contributed by atoms with van der Waals surface area (Å²) in [6.45, 7) is 6.65. The fourth-order valence-corrected chi connectivity index (χ4v) is 2.87. The lowest BCUT2D eigenvalue weighted by Crippen LogP contribution is -2.35. The van der Waals surface area contributed by atoms with Crippen molar-refractivity contribution < 1.29 is 4.74 Å². The molecule has 0 radical (unpaired) electrons. The number of aliphatic imine (C=N–C) groups is 1. The van der Waals surface area contributed by atoms with Crippen molar-refractivity contribution in [3.8, 4) is 5.75 Å². The van der Waals surface area contributed by atoms with Crippen molar-refractivity contribution in [2.75, 3.05) is 38.6 Å². The minimum Gasteiger partial charge on any atom is -0.497 e. The van der Waals surface area contributed by atoms with Gasteiger partial charge < -0.3 is 20.7 Å². The molecule has 1 unspecified atom stereocenters. The summed E-state index contributed by atoms with van der Waals surface area (Å²) in [6, 6.07) is 7.67. The molecule has 22 heavy (non-hydrogen) atoms. The van der Waals surface area contributed by atoms with Crippen molar-refractivity contribution in [3.05, 3.63) is 24.3 Å². The zero-order chi connectivity index (χ0) is 15.8. The highest BCUT2D eigenvalue weighted by Gasteiger charge is 2.15. The lowest BCUT2D eigenvalue weighted by Gasteiger charge is -2.30. The molecule has 1 aliphatic rings. The molecule has 0 bridgehead atoms. The van der Waals surface area contributed by atoms with Crippen LogP contribution in [0.3, 0.4) is 0 Å². The number of nitrogens with zero attached hydrogens (tertiary/aromatic N) is 2. The Morgan fingerprint density at radius 2 is 2.36 bits per heavy atom. The molecule has 0 amide bonds. The first-order valence-electron chi connectivity index (χ1n) is 8.10. The van der Waals surface area contributed by atoms with Crippen molar-refractivity contribution in [3.63, 3.8) is 0 Å². The van der Waals surface area contributed by atoms with Crippen LogP contribution in [0.5, 0.6) is 5.75 Å². The average molecular weight is 304 g/mol. The maximum Gasteiger partial charge on any atom is 0.193 e. The number of anilines is 1. The second-order valence-corrected chi connectivity index (χ2v) is 6.03. The van der Waals surface area contributed by atoms with Crippen molar-refractivity contribution in [1.82, 2.24) is 4.90 Å². The Hall–Kier alpha value is -1.75. The first kappa shape index (κ1) is 16.6. The average Bonchev–Trinajstić information content (AvgIpc) is 2.52.